The van der Waals surface area contributed by atoms with E-state index in [1.165, 1.54) is 18.2 Å². The van der Waals surface area contributed by atoms with Gasteiger partial charge in [0, 0.05) is 45.0 Å². The molecule has 2 saturated heterocycles. The number of hydrogen-bond donors (Lipinski definition) is 0. The van der Waals surface area contributed by atoms with E-state index in [1.54, 1.807) is 17.3 Å². The van der Waals surface area contributed by atoms with Gasteiger partial charge in [0.25, 0.3) is 5.91 Å². The van der Waals surface area contributed by atoms with Crippen molar-refractivity contribution in [3.63, 3.8) is 0 Å². The summed E-state index contributed by atoms with van der Waals surface area (Å²) in [5, 5.41) is 0. The summed E-state index contributed by atoms with van der Waals surface area (Å²) < 4.78 is 24.8. The summed E-state index contributed by atoms with van der Waals surface area (Å²) in [5.41, 5.74) is 0.787. The number of likely N-dealkylation sites (tertiary alicyclic amines) is 1. The number of hydrogen-bond acceptors (Lipinski definition) is 7. The first kappa shape index (κ1) is 20.8. The third kappa shape index (κ3) is 4.17. The number of carbonyl (C=O) groups is 2. The molecule has 5 rings (SSSR count). The van der Waals surface area contributed by atoms with Gasteiger partial charge in [-0.1, -0.05) is 0 Å². The van der Waals surface area contributed by atoms with Crippen molar-refractivity contribution in [3.05, 3.63) is 47.5 Å². The molecule has 1 amide bonds. The first-order valence-corrected chi connectivity index (χ1v) is 11.0. The molecular formula is C23H25FN4O4. The summed E-state index contributed by atoms with van der Waals surface area (Å²) >= 11 is 0. The van der Waals surface area contributed by atoms with Crippen LogP contribution in [-0.2, 0) is 4.74 Å². The molecule has 168 valence electrons. The van der Waals surface area contributed by atoms with Crippen LogP contribution in [0.1, 0.15) is 40.0 Å². The van der Waals surface area contributed by atoms with Crippen molar-refractivity contribution in [1.82, 2.24) is 14.9 Å². The summed E-state index contributed by atoms with van der Waals surface area (Å²) in [6.45, 7) is 3.95. The Balaban J connectivity index is 1.18. The number of benzene rings is 1. The van der Waals surface area contributed by atoms with Gasteiger partial charge in [-0.2, -0.15) is 0 Å². The number of ketones is 1. The Morgan fingerprint density at radius 2 is 1.78 bits per heavy atom. The Morgan fingerprint density at radius 1 is 1.06 bits per heavy atom. The normalized spacial score (nSPS) is 21.8. The number of fused-ring (bicyclic) bond motifs is 1. The molecule has 1 aromatic heterocycles. The summed E-state index contributed by atoms with van der Waals surface area (Å²) in [6.07, 6.45) is 4.66. The molecule has 3 aliphatic heterocycles. The molecular weight excluding hydrogens is 415 g/mol. The highest BCUT2D eigenvalue weighted by atomic mass is 19.1. The van der Waals surface area contributed by atoms with E-state index in [2.05, 4.69) is 9.97 Å². The minimum Gasteiger partial charge on any atom is -0.489 e. The average molecular weight is 440 g/mol. The van der Waals surface area contributed by atoms with Crippen LogP contribution in [0.3, 0.4) is 0 Å². The van der Waals surface area contributed by atoms with Crippen LogP contribution in [0, 0.1) is 11.7 Å². The second-order valence-electron chi connectivity index (χ2n) is 8.42. The van der Waals surface area contributed by atoms with Crippen LogP contribution in [0.15, 0.2) is 30.6 Å². The average Bonchev–Trinajstić information content (AvgIpc) is 2.85. The first-order valence-electron chi connectivity index (χ1n) is 11.0. The predicted molar refractivity (Wildman–Crippen MR) is 113 cm³/mol. The lowest BCUT2D eigenvalue weighted by Crippen LogP contribution is -2.44. The highest BCUT2D eigenvalue weighted by Crippen LogP contribution is 2.34. The Morgan fingerprint density at radius 3 is 2.50 bits per heavy atom. The highest BCUT2D eigenvalue weighted by Gasteiger charge is 2.35. The van der Waals surface area contributed by atoms with E-state index in [9.17, 15) is 14.0 Å². The van der Waals surface area contributed by atoms with Crippen molar-refractivity contribution in [1.29, 1.82) is 0 Å². The van der Waals surface area contributed by atoms with Gasteiger partial charge in [0.2, 0.25) is 5.95 Å². The van der Waals surface area contributed by atoms with Crippen molar-refractivity contribution >= 4 is 17.6 Å². The number of halogens is 1. The molecule has 0 N–H and O–H groups in total. The molecule has 1 atom stereocenters. The van der Waals surface area contributed by atoms with Crippen molar-refractivity contribution < 1.29 is 23.5 Å². The predicted octanol–water partition coefficient (Wildman–Crippen LogP) is 2.34. The van der Waals surface area contributed by atoms with Gasteiger partial charge in [-0.25, -0.2) is 14.4 Å². The fourth-order valence-electron chi connectivity index (χ4n) is 4.60. The third-order valence-corrected chi connectivity index (χ3v) is 6.44. The second-order valence-corrected chi connectivity index (χ2v) is 8.42. The number of amides is 1. The van der Waals surface area contributed by atoms with E-state index >= 15 is 0 Å². The summed E-state index contributed by atoms with van der Waals surface area (Å²) in [4.78, 5) is 38.0. The lowest BCUT2D eigenvalue weighted by Gasteiger charge is -2.37. The number of nitrogens with zero attached hydrogens (tertiary/aromatic N) is 4. The number of Topliss-reactive ketones (excluding diaryl/α,β-unsaturated/α-hetero) is 1. The first-order chi connectivity index (χ1) is 15.6. The quantitative estimate of drug-likeness (QED) is 0.724. The van der Waals surface area contributed by atoms with Crippen molar-refractivity contribution in [2.75, 3.05) is 44.3 Å². The fraction of sp³-hybridized carbons (Fsp3) is 0.478. The molecule has 0 aliphatic carbocycles. The molecule has 0 unspecified atom stereocenters. The topological polar surface area (TPSA) is 84.9 Å². The molecule has 0 spiro atoms. The Hall–Kier alpha value is -3.07. The van der Waals surface area contributed by atoms with Crippen molar-refractivity contribution in [2.45, 2.75) is 25.4 Å². The number of rotatable bonds is 3. The van der Waals surface area contributed by atoms with Gasteiger partial charge in [-0.05, 0) is 37.0 Å². The molecule has 2 aromatic rings. The third-order valence-electron chi connectivity index (χ3n) is 6.44. The monoisotopic (exact) mass is 440 g/mol. The zero-order valence-electron chi connectivity index (χ0n) is 17.7. The number of aromatic nitrogens is 2. The molecule has 8 nitrogen and oxygen atoms in total. The van der Waals surface area contributed by atoms with E-state index in [0.29, 0.717) is 49.1 Å². The number of carbonyl (C=O) groups excluding carboxylic acids is 2. The van der Waals surface area contributed by atoms with Gasteiger partial charge in [0.15, 0.2) is 5.78 Å². The van der Waals surface area contributed by atoms with Gasteiger partial charge in [-0.3, -0.25) is 9.59 Å². The largest absolute Gasteiger partial charge is 0.489 e. The van der Waals surface area contributed by atoms with Gasteiger partial charge in [0.1, 0.15) is 17.7 Å². The number of morpholine rings is 1. The molecule has 32 heavy (non-hydrogen) atoms. The highest BCUT2D eigenvalue weighted by molar-refractivity contribution is 6.00. The number of anilines is 1. The van der Waals surface area contributed by atoms with Gasteiger partial charge in [-0.15, -0.1) is 0 Å². The fourth-order valence-corrected chi connectivity index (χ4v) is 4.60. The zero-order valence-corrected chi connectivity index (χ0v) is 17.7. The number of piperidine rings is 1. The molecule has 9 heteroatoms. The second kappa shape index (κ2) is 8.82. The Labute approximate surface area is 185 Å². The van der Waals surface area contributed by atoms with Crippen LogP contribution < -0.4 is 9.64 Å². The van der Waals surface area contributed by atoms with E-state index < -0.39 is 5.82 Å². The van der Waals surface area contributed by atoms with Crippen LogP contribution in [-0.4, -0.2) is 72.1 Å². The standard InChI is InChI=1S/C23H25FN4O4/c24-17-1-2-20-18(11-17)19(29)12-21(32-20)15-3-5-27(6-4-15)22(30)16-13-25-23(26-14-16)28-7-9-31-10-8-28/h1-2,11,13-15,21H,3-10,12H2/t21-/m1/s1. The smallest absolute Gasteiger partial charge is 0.256 e. The maximum Gasteiger partial charge on any atom is 0.256 e. The van der Waals surface area contributed by atoms with Crippen molar-refractivity contribution in [2.24, 2.45) is 5.92 Å². The van der Waals surface area contributed by atoms with Gasteiger partial charge < -0.3 is 19.3 Å². The summed E-state index contributed by atoms with van der Waals surface area (Å²) in [7, 11) is 0. The molecule has 3 aliphatic rings. The van der Waals surface area contributed by atoms with Crippen LogP contribution in [0.2, 0.25) is 0 Å². The molecule has 1 aromatic carbocycles. The van der Waals surface area contributed by atoms with E-state index in [1.807, 2.05) is 4.90 Å². The molecule has 2 fully saturated rings. The SMILES string of the molecule is O=C1C[C@H](C2CCN(C(=O)c3cnc(N4CCOCC4)nc3)CC2)Oc2ccc(F)cc21. The Bertz CT molecular complexity index is 1000. The maximum absolute atomic E-state index is 13.4. The number of ether oxygens (including phenoxy) is 2. The molecule has 0 radical (unpaired) electrons. The Kier molecular flexibility index (Phi) is 5.73. The summed E-state index contributed by atoms with van der Waals surface area (Å²) in [6, 6.07) is 4.07. The van der Waals surface area contributed by atoms with Crippen LogP contribution in [0.4, 0.5) is 10.3 Å². The van der Waals surface area contributed by atoms with E-state index in [0.717, 1.165) is 25.9 Å². The minimum absolute atomic E-state index is 0.0848. The summed E-state index contributed by atoms with van der Waals surface area (Å²) in [5.74, 6) is 0.616. The lowest BCUT2D eigenvalue weighted by atomic mass is 9.86. The van der Waals surface area contributed by atoms with E-state index in [4.69, 9.17) is 9.47 Å². The minimum atomic E-state index is -0.437. The zero-order chi connectivity index (χ0) is 22.1. The molecule has 4 heterocycles. The molecule has 0 bridgehead atoms. The van der Waals surface area contributed by atoms with Crippen LogP contribution in [0.5, 0.6) is 5.75 Å². The van der Waals surface area contributed by atoms with Gasteiger partial charge >= 0.3 is 0 Å². The van der Waals surface area contributed by atoms with Crippen molar-refractivity contribution in [3.8, 4) is 5.75 Å². The van der Waals surface area contributed by atoms with E-state index in [-0.39, 0.29) is 30.1 Å². The van der Waals surface area contributed by atoms with Crippen LogP contribution in [0.25, 0.3) is 0 Å². The van der Waals surface area contributed by atoms with Gasteiger partial charge in [0.05, 0.1) is 24.3 Å². The molecule has 0 saturated carbocycles. The van der Waals surface area contributed by atoms with Crippen LogP contribution >= 0.6 is 0 Å². The maximum atomic E-state index is 13.4. The lowest BCUT2D eigenvalue weighted by molar-refractivity contribution is 0.0451.